The molecule has 3 fully saturated rings. The fourth-order valence-electron chi connectivity index (χ4n) is 8.84. The highest BCUT2D eigenvalue weighted by atomic mass is 16.5. The lowest BCUT2D eigenvalue weighted by Crippen LogP contribution is -2.51. The molecule has 0 aliphatic heterocycles. The molecule has 4 aliphatic carbocycles. The van der Waals surface area contributed by atoms with Crippen molar-refractivity contribution in [3.8, 4) is 0 Å². The topological polar surface area (TPSA) is 46.5 Å². The lowest BCUT2D eigenvalue weighted by molar-refractivity contribution is -0.147. The second kappa shape index (κ2) is 9.96. The van der Waals surface area contributed by atoms with E-state index in [0.717, 1.165) is 48.9 Å². The number of carbonyl (C=O) groups excluding carboxylic acids is 1. The number of hydrogen-bond acceptors (Lipinski definition) is 3. The van der Waals surface area contributed by atoms with Gasteiger partial charge in [0.05, 0.1) is 12.2 Å². The number of aliphatic hydroxyl groups is 1. The molecule has 0 spiro atoms. The molecule has 3 heteroatoms. The monoisotopic (exact) mass is 468 g/mol. The van der Waals surface area contributed by atoms with E-state index in [9.17, 15) is 9.90 Å². The van der Waals surface area contributed by atoms with Gasteiger partial charge in [-0.3, -0.25) is 0 Å². The average molecular weight is 469 g/mol. The molecule has 3 saturated carbocycles. The molecule has 0 unspecified atom stereocenters. The van der Waals surface area contributed by atoms with E-state index in [1.54, 1.807) is 0 Å². The molecule has 0 aromatic carbocycles. The minimum Gasteiger partial charge on any atom is -0.459 e. The van der Waals surface area contributed by atoms with E-state index in [4.69, 9.17) is 4.74 Å². The molecule has 0 heterocycles. The highest BCUT2D eigenvalue weighted by Crippen LogP contribution is 2.67. The first-order valence-electron chi connectivity index (χ1n) is 13.9. The third kappa shape index (κ3) is 4.59. The SMILES string of the molecule is C=C(CO)C(=O)O[C@H]1CC[C@@]2(C)C(=CC[C@H]3[C@@H]4CC[C@H]([C@H](C)CCC=C(C)C)[C@@]4(C)CC[C@@H]32)C1. The predicted molar refractivity (Wildman–Crippen MR) is 139 cm³/mol. The number of ether oxygens (including phenoxy) is 1. The second-order valence-electron chi connectivity index (χ2n) is 12.9. The van der Waals surface area contributed by atoms with Crippen molar-refractivity contribution < 1.29 is 14.6 Å². The van der Waals surface area contributed by atoms with Gasteiger partial charge >= 0.3 is 5.97 Å². The first-order valence-corrected chi connectivity index (χ1v) is 13.9. The van der Waals surface area contributed by atoms with E-state index in [2.05, 4.69) is 53.3 Å². The van der Waals surface area contributed by atoms with E-state index < -0.39 is 5.97 Å². The summed E-state index contributed by atoms with van der Waals surface area (Å²) in [5.74, 6) is 3.70. The number of allylic oxidation sites excluding steroid dienone is 3. The van der Waals surface area contributed by atoms with Crippen LogP contribution in [0.5, 0.6) is 0 Å². The Bertz CT molecular complexity index is 849. The van der Waals surface area contributed by atoms with Gasteiger partial charge < -0.3 is 9.84 Å². The Balaban J connectivity index is 1.45. The summed E-state index contributed by atoms with van der Waals surface area (Å²) in [7, 11) is 0. The summed E-state index contributed by atoms with van der Waals surface area (Å²) in [4.78, 5) is 12.2. The Hall–Kier alpha value is -1.35. The molecule has 0 aromatic rings. The Morgan fingerprint density at radius 1 is 1.21 bits per heavy atom. The highest BCUT2D eigenvalue weighted by Gasteiger charge is 2.59. The van der Waals surface area contributed by atoms with E-state index in [-0.39, 0.29) is 23.7 Å². The van der Waals surface area contributed by atoms with Crippen LogP contribution in [0.4, 0.5) is 0 Å². The molecule has 4 rings (SSSR count). The molecule has 3 nitrogen and oxygen atoms in total. The van der Waals surface area contributed by atoms with Gasteiger partial charge in [-0.25, -0.2) is 4.79 Å². The quantitative estimate of drug-likeness (QED) is 0.240. The normalized spacial score (nSPS) is 39.7. The Labute approximate surface area is 208 Å². The summed E-state index contributed by atoms with van der Waals surface area (Å²) >= 11 is 0. The number of hydrogen-bond donors (Lipinski definition) is 1. The van der Waals surface area contributed by atoms with Gasteiger partial charge in [-0.1, -0.05) is 50.6 Å². The summed E-state index contributed by atoms with van der Waals surface area (Å²) in [6.45, 7) is 15.4. The number of carbonyl (C=O) groups is 1. The van der Waals surface area contributed by atoms with Crippen LogP contribution in [0.2, 0.25) is 0 Å². The van der Waals surface area contributed by atoms with Crippen molar-refractivity contribution in [1.82, 2.24) is 0 Å². The third-order valence-corrected chi connectivity index (χ3v) is 10.7. The summed E-state index contributed by atoms with van der Waals surface area (Å²) < 4.78 is 5.70. The van der Waals surface area contributed by atoms with Crippen molar-refractivity contribution in [2.75, 3.05) is 6.61 Å². The van der Waals surface area contributed by atoms with Crippen molar-refractivity contribution in [3.63, 3.8) is 0 Å². The van der Waals surface area contributed by atoms with Crippen LogP contribution in [0.1, 0.15) is 98.8 Å². The average Bonchev–Trinajstić information content (AvgIpc) is 3.15. The van der Waals surface area contributed by atoms with Crippen molar-refractivity contribution in [2.24, 2.45) is 40.4 Å². The maximum Gasteiger partial charge on any atom is 0.336 e. The van der Waals surface area contributed by atoms with E-state index in [0.29, 0.717) is 5.41 Å². The van der Waals surface area contributed by atoms with Crippen LogP contribution in [-0.2, 0) is 9.53 Å². The van der Waals surface area contributed by atoms with Crippen molar-refractivity contribution in [1.29, 1.82) is 0 Å². The summed E-state index contributed by atoms with van der Waals surface area (Å²) in [6.07, 6.45) is 17.1. The molecular formula is C31H48O3. The van der Waals surface area contributed by atoms with Gasteiger partial charge in [0.1, 0.15) is 6.10 Å². The number of fused-ring (bicyclic) bond motifs is 5. The first-order chi connectivity index (χ1) is 16.1. The van der Waals surface area contributed by atoms with Gasteiger partial charge in [-0.15, -0.1) is 0 Å². The van der Waals surface area contributed by atoms with Crippen LogP contribution in [0.3, 0.4) is 0 Å². The number of aliphatic hydroxyl groups excluding tert-OH is 1. The van der Waals surface area contributed by atoms with Gasteiger partial charge in [0.25, 0.3) is 0 Å². The molecule has 0 aromatic heterocycles. The summed E-state index contributed by atoms with van der Waals surface area (Å²) in [5, 5.41) is 9.19. The maximum atomic E-state index is 12.2. The van der Waals surface area contributed by atoms with Crippen LogP contribution >= 0.6 is 0 Å². The van der Waals surface area contributed by atoms with Gasteiger partial charge in [0.2, 0.25) is 0 Å². The molecule has 0 saturated heterocycles. The zero-order valence-corrected chi connectivity index (χ0v) is 22.4. The zero-order valence-electron chi connectivity index (χ0n) is 22.4. The summed E-state index contributed by atoms with van der Waals surface area (Å²) in [5.41, 5.74) is 3.90. The Kier molecular flexibility index (Phi) is 7.54. The van der Waals surface area contributed by atoms with Crippen LogP contribution in [-0.4, -0.2) is 23.8 Å². The molecule has 0 amide bonds. The molecular weight excluding hydrogens is 420 g/mol. The van der Waals surface area contributed by atoms with Gasteiger partial charge in [0, 0.05) is 6.42 Å². The van der Waals surface area contributed by atoms with E-state index in [1.165, 1.54) is 56.1 Å². The van der Waals surface area contributed by atoms with Crippen LogP contribution in [0.25, 0.3) is 0 Å². The minimum absolute atomic E-state index is 0.0713. The minimum atomic E-state index is -0.436. The molecule has 0 bridgehead atoms. The Morgan fingerprint density at radius 2 is 1.97 bits per heavy atom. The molecule has 190 valence electrons. The third-order valence-electron chi connectivity index (χ3n) is 10.7. The van der Waals surface area contributed by atoms with Crippen molar-refractivity contribution in [2.45, 2.75) is 105 Å². The van der Waals surface area contributed by atoms with Crippen molar-refractivity contribution >= 4 is 5.97 Å². The number of rotatable bonds is 7. The highest BCUT2D eigenvalue weighted by molar-refractivity contribution is 5.88. The molecule has 8 atom stereocenters. The zero-order chi connectivity index (χ0) is 24.7. The largest absolute Gasteiger partial charge is 0.459 e. The standard InChI is InChI=1S/C31H48O3/c1-20(2)8-7-9-21(3)26-12-13-27-25-11-10-23-18-24(34-29(33)22(4)19-32)14-16-30(23,5)28(25)15-17-31(26,27)6/h8,10,21,24-28,32H,4,7,9,11-19H2,1-3,5-6H3/t21-,24+,25+,26-,27+,28+,30+,31-/m1/s1. The molecule has 1 N–H and O–H groups in total. The fourth-order valence-corrected chi connectivity index (χ4v) is 8.84. The second-order valence-corrected chi connectivity index (χ2v) is 12.9. The summed E-state index contributed by atoms with van der Waals surface area (Å²) in [6, 6.07) is 0. The molecule has 0 radical (unpaired) electrons. The first kappa shape index (κ1) is 25.7. The van der Waals surface area contributed by atoms with Crippen molar-refractivity contribution in [3.05, 3.63) is 35.5 Å². The Morgan fingerprint density at radius 3 is 2.68 bits per heavy atom. The molecule has 34 heavy (non-hydrogen) atoms. The maximum absolute atomic E-state index is 12.2. The van der Waals surface area contributed by atoms with E-state index >= 15 is 0 Å². The van der Waals surface area contributed by atoms with Gasteiger partial charge in [-0.05, 0) is 112 Å². The lowest BCUT2D eigenvalue weighted by Gasteiger charge is -2.58. The van der Waals surface area contributed by atoms with Crippen LogP contribution in [0, 0.1) is 40.4 Å². The smallest absolute Gasteiger partial charge is 0.336 e. The van der Waals surface area contributed by atoms with Crippen LogP contribution < -0.4 is 0 Å². The van der Waals surface area contributed by atoms with Crippen LogP contribution in [0.15, 0.2) is 35.5 Å². The lowest BCUT2D eigenvalue weighted by atomic mass is 9.47. The van der Waals surface area contributed by atoms with Gasteiger partial charge in [0.15, 0.2) is 0 Å². The van der Waals surface area contributed by atoms with E-state index in [1.807, 2.05) is 0 Å². The van der Waals surface area contributed by atoms with Gasteiger partial charge in [-0.2, -0.15) is 0 Å². The number of esters is 1. The predicted octanol–water partition coefficient (Wildman–Crippen LogP) is 7.41. The fraction of sp³-hybridized carbons (Fsp3) is 0.774. The molecule has 4 aliphatic rings.